The Morgan fingerprint density at radius 2 is 2.00 bits per heavy atom. The molecule has 0 spiro atoms. The molecule has 76 valence electrons. The molecule has 0 bridgehead atoms. The van der Waals surface area contributed by atoms with E-state index in [0.29, 0.717) is 0 Å². The van der Waals surface area contributed by atoms with E-state index in [0.717, 1.165) is 29.7 Å². The molecular weight excluding hydrogens is 190 g/mol. The lowest BCUT2D eigenvalue weighted by molar-refractivity contribution is -0.118. The van der Waals surface area contributed by atoms with Crippen LogP contribution in [-0.4, -0.2) is 13.0 Å². The molecule has 1 amide bonds. The van der Waals surface area contributed by atoms with E-state index >= 15 is 0 Å². The van der Waals surface area contributed by atoms with E-state index in [1.807, 2.05) is 24.3 Å². The molecule has 2 aliphatic rings. The summed E-state index contributed by atoms with van der Waals surface area (Å²) in [7, 11) is 1.52. The Bertz CT molecular complexity index is 470. The SMILES string of the molecule is CON1C(=O)C(=C2CC2)c2ccccc21. The number of nitrogens with zero attached hydrogens (tertiary/aromatic N) is 1. The van der Waals surface area contributed by atoms with Gasteiger partial charge < -0.3 is 0 Å². The van der Waals surface area contributed by atoms with Gasteiger partial charge in [-0.25, -0.2) is 0 Å². The Kier molecular flexibility index (Phi) is 1.70. The largest absolute Gasteiger partial charge is 0.282 e. The van der Waals surface area contributed by atoms with Gasteiger partial charge in [0.1, 0.15) is 0 Å². The van der Waals surface area contributed by atoms with E-state index in [-0.39, 0.29) is 5.91 Å². The van der Waals surface area contributed by atoms with E-state index in [9.17, 15) is 4.79 Å². The fraction of sp³-hybridized carbons (Fsp3) is 0.250. The molecule has 0 radical (unpaired) electrons. The van der Waals surface area contributed by atoms with Crippen molar-refractivity contribution in [3.63, 3.8) is 0 Å². The minimum absolute atomic E-state index is 0.0220. The second-order valence-corrected chi connectivity index (χ2v) is 3.78. The topological polar surface area (TPSA) is 29.5 Å². The number of para-hydroxylation sites is 1. The summed E-state index contributed by atoms with van der Waals surface area (Å²) >= 11 is 0. The average Bonchev–Trinajstić information content (AvgIpc) is 3.02. The van der Waals surface area contributed by atoms with Crippen LogP contribution in [0, 0.1) is 0 Å². The number of fused-ring (bicyclic) bond motifs is 1. The summed E-state index contributed by atoms with van der Waals surface area (Å²) in [6.07, 6.45) is 2.10. The summed E-state index contributed by atoms with van der Waals surface area (Å²) in [6, 6.07) is 7.76. The Balaban J connectivity index is 2.23. The first kappa shape index (κ1) is 8.68. The second-order valence-electron chi connectivity index (χ2n) is 3.78. The third-order valence-electron chi connectivity index (χ3n) is 2.83. The van der Waals surface area contributed by atoms with Crippen molar-refractivity contribution in [2.24, 2.45) is 0 Å². The first-order chi connectivity index (χ1) is 7.33. The smallest absolute Gasteiger partial charge is 0.269 e. The van der Waals surface area contributed by atoms with Gasteiger partial charge in [0.15, 0.2) is 0 Å². The summed E-state index contributed by atoms with van der Waals surface area (Å²) in [5, 5.41) is 1.37. The van der Waals surface area contributed by atoms with Crippen molar-refractivity contribution in [3.05, 3.63) is 35.4 Å². The molecule has 0 aromatic heterocycles. The predicted molar refractivity (Wildman–Crippen MR) is 57.1 cm³/mol. The molecule has 3 heteroatoms. The highest BCUT2D eigenvalue weighted by Crippen LogP contribution is 2.44. The van der Waals surface area contributed by atoms with Gasteiger partial charge in [0.25, 0.3) is 5.91 Å². The van der Waals surface area contributed by atoms with Crippen LogP contribution in [0.5, 0.6) is 0 Å². The minimum atomic E-state index is -0.0220. The van der Waals surface area contributed by atoms with Gasteiger partial charge in [-0.2, -0.15) is 5.06 Å². The number of anilines is 1. The Morgan fingerprint density at radius 1 is 1.27 bits per heavy atom. The molecule has 0 saturated heterocycles. The van der Waals surface area contributed by atoms with Crippen molar-refractivity contribution in [1.82, 2.24) is 0 Å². The van der Waals surface area contributed by atoms with Gasteiger partial charge >= 0.3 is 0 Å². The normalized spacial score (nSPS) is 18.5. The maximum Gasteiger partial charge on any atom is 0.282 e. The molecule has 1 aliphatic heterocycles. The zero-order valence-electron chi connectivity index (χ0n) is 8.49. The number of allylic oxidation sites excluding steroid dienone is 1. The number of carbonyl (C=O) groups is 1. The number of rotatable bonds is 1. The van der Waals surface area contributed by atoms with Gasteiger partial charge in [0.2, 0.25) is 0 Å². The van der Waals surface area contributed by atoms with Gasteiger partial charge in [-0.1, -0.05) is 23.8 Å². The highest BCUT2D eigenvalue weighted by Gasteiger charge is 2.37. The number of hydrogen-bond donors (Lipinski definition) is 0. The fourth-order valence-electron chi connectivity index (χ4n) is 2.02. The molecule has 0 N–H and O–H groups in total. The van der Waals surface area contributed by atoms with E-state index in [1.54, 1.807) is 0 Å². The lowest BCUT2D eigenvalue weighted by atomic mass is 10.1. The van der Waals surface area contributed by atoms with Gasteiger partial charge in [-0.05, 0) is 18.9 Å². The first-order valence-electron chi connectivity index (χ1n) is 5.03. The maximum absolute atomic E-state index is 12.0. The zero-order valence-corrected chi connectivity index (χ0v) is 8.49. The van der Waals surface area contributed by atoms with Crippen molar-refractivity contribution in [2.75, 3.05) is 12.2 Å². The minimum Gasteiger partial charge on any atom is -0.269 e. The van der Waals surface area contributed by atoms with Crippen molar-refractivity contribution >= 4 is 17.2 Å². The van der Waals surface area contributed by atoms with Crippen LogP contribution in [0.3, 0.4) is 0 Å². The van der Waals surface area contributed by atoms with Crippen LogP contribution in [-0.2, 0) is 9.63 Å². The molecule has 1 aliphatic carbocycles. The number of carbonyl (C=O) groups excluding carboxylic acids is 1. The second kappa shape index (κ2) is 2.94. The fourth-order valence-corrected chi connectivity index (χ4v) is 2.02. The molecule has 1 aromatic carbocycles. The van der Waals surface area contributed by atoms with E-state index < -0.39 is 0 Å². The highest BCUT2D eigenvalue weighted by atomic mass is 16.7. The molecule has 0 unspecified atom stereocenters. The van der Waals surface area contributed by atoms with Gasteiger partial charge in [-0.3, -0.25) is 9.63 Å². The summed E-state index contributed by atoms with van der Waals surface area (Å²) in [6.45, 7) is 0. The van der Waals surface area contributed by atoms with E-state index in [1.165, 1.54) is 17.7 Å². The molecule has 3 rings (SSSR count). The predicted octanol–water partition coefficient (Wildman–Crippen LogP) is 2.14. The van der Waals surface area contributed by atoms with Crippen LogP contribution in [0.4, 0.5) is 5.69 Å². The van der Waals surface area contributed by atoms with Crippen LogP contribution in [0.1, 0.15) is 18.4 Å². The molecule has 15 heavy (non-hydrogen) atoms. The number of hydroxylamine groups is 1. The standard InChI is InChI=1S/C12H11NO2/c1-15-13-10-5-3-2-4-9(10)11(12(13)14)8-6-7-8/h2-5H,6-7H2,1H3. The molecule has 1 heterocycles. The summed E-state index contributed by atoms with van der Waals surface area (Å²) in [5.41, 5.74) is 3.98. The number of hydrogen-bond acceptors (Lipinski definition) is 2. The van der Waals surface area contributed by atoms with Crippen molar-refractivity contribution < 1.29 is 9.63 Å². The van der Waals surface area contributed by atoms with Crippen LogP contribution in [0.2, 0.25) is 0 Å². The van der Waals surface area contributed by atoms with Crippen LogP contribution >= 0.6 is 0 Å². The highest BCUT2D eigenvalue weighted by molar-refractivity contribution is 6.32. The van der Waals surface area contributed by atoms with E-state index in [2.05, 4.69) is 0 Å². The van der Waals surface area contributed by atoms with Crippen molar-refractivity contribution in [3.8, 4) is 0 Å². The quantitative estimate of drug-likeness (QED) is 0.651. The van der Waals surface area contributed by atoms with Crippen molar-refractivity contribution in [1.29, 1.82) is 0 Å². The summed E-state index contributed by atoms with van der Waals surface area (Å²) < 4.78 is 0. The van der Waals surface area contributed by atoms with Gasteiger partial charge in [0.05, 0.1) is 18.4 Å². The molecule has 3 nitrogen and oxygen atoms in total. The first-order valence-corrected chi connectivity index (χ1v) is 5.03. The molecule has 1 fully saturated rings. The van der Waals surface area contributed by atoms with Crippen LogP contribution in [0.15, 0.2) is 29.8 Å². The lowest BCUT2D eigenvalue weighted by Gasteiger charge is -2.12. The lowest BCUT2D eigenvalue weighted by Crippen LogP contribution is -2.24. The average molecular weight is 201 g/mol. The van der Waals surface area contributed by atoms with E-state index in [4.69, 9.17) is 4.84 Å². The number of amides is 1. The van der Waals surface area contributed by atoms with Crippen LogP contribution in [0.25, 0.3) is 5.57 Å². The summed E-state index contributed by atoms with van der Waals surface area (Å²) in [5.74, 6) is -0.0220. The van der Waals surface area contributed by atoms with Gasteiger partial charge in [-0.15, -0.1) is 0 Å². The van der Waals surface area contributed by atoms with Crippen molar-refractivity contribution in [2.45, 2.75) is 12.8 Å². The maximum atomic E-state index is 12.0. The Labute approximate surface area is 87.9 Å². The molecule has 0 atom stereocenters. The third-order valence-corrected chi connectivity index (χ3v) is 2.83. The van der Waals surface area contributed by atoms with Gasteiger partial charge in [0, 0.05) is 5.56 Å². The Morgan fingerprint density at radius 3 is 2.67 bits per heavy atom. The summed E-state index contributed by atoms with van der Waals surface area (Å²) in [4.78, 5) is 17.1. The monoisotopic (exact) mass is 201 g/mol. The molecule has 1 aromatic rings. The zero-order chi connectivity index (χ0) is 10.4. The third kappa shape index (κ3) is 1.13. The Hall–Kier alpha value is -1.61. The number of benzene rings is 1. The van der Waals surface area contributed by atoms with Crippen LogP contribution < -0.4 is 5.06 Å². The molecular formula is C12H11NO2. The molecule has 1 saturated carbocycles.